The van der Waals surface area contributed by atoms with Gasteiger partial charge in [0, 0.05) is 16.3 Å². The topological polar surface area (TPSA) is 85.8 Å². The highest BCUT2D eigenvalue weighted by atomic mass is 35.5. The summed E-state index contributed by atoms with van der Waals surface area (Å²) >= 11 is 13.3. The van der Waals surface area contributed by atoms with E-state index in [9.17, 15) is 4.79 Å². The number of nitrogens with zero attached hydrogens (tertiary/aromatic N) is 3. The number of benzene rings is 2. The summed E-state index contributed by atoms with van der Waals surface area (Å²) in [5.74, 6) is 6.33. The molecule has 26 heavy (non-hydrogen) atoms. The van der Waals surface area contributed by atoms with Crippen LogP contribution in [0, 0.1) is 0 Å². The average molecular weight is 408 g/mol. The zero-order chi connectivity index (χ0) is 18.7. The Balaban J connectivity index is 1.74. The maximum absolute atomic E-state index is 12.3. The first-order valence-electron chi connectivity index (χ1n) is 7.64. The molecule has 0 saturated carbocycles. The number of hydrogen-bond donors (Lipinski definition) is 2. The molecule has 0 radical (unpaired) electrons. The quantitative estimate of drug-likeness (QED) is 0.491. The molecule has 1 aromatic heterocycles. The zero-order valence-corrected chi connectivity index (χ0v) is 16.0. The number of hydrogen-bond acceptors (Lipinski definition) is 5. The largest absolute Gasteiger partial charge is 0.335 e. The Labute approximate surface area is 164 Å². The number of aromatic nitrogens is 3. The normalized spacial score (nSPS) is 12.0. The second-order valence-corrected chi connectivity index (χ2v) is 7.57. The molecular formula is C17H15Cl2N5OS. The molecule has 3 aromatic rings. The van der Waals surface area contributed by atoms with E-state index < -0.39 is 5.25 Å². The van der Waals surface area contributed by atoms with Crippen LogP contribution >= 0.6 is 35.0 Å². The van der Waals surface area contributed by atoms with Crippen molar-refractivity contribution in [3.05, 3.63) is 58.6 Å². The molecule has 2 aromatic carbocycles. The molecule has 3 N–H and O–H groups in total. The third-order valence-electron chi connectivity index (χ3n) is 3.53. The van der Waals surface area contributed by atoms with Crippen molar-refractivity contribution in [1.29, 1.82) is 0 Å². The fourth-order valence-corrected chi connectivity index (χ4v) is 3.45. The lowest BCUT2D eigenvalue weighted by atomic mass is 10.2. The molecule has 6 nitrogen and oxygen atoms in total. The van der Waals surface area contributed by atoms with Gasteiger partial charge in [-0.1, -0.05) is 53.2 Å². The minimum Gasteiger partial charge on any atom is -0.335 e. The second kappa shape index (κ2) is 7.99. The predicted molar refractivity (Wildman–Crippen MR) is 106 cm³/mol. The number of rotatable bonds is 5. The summed E-state index contributed by atoms with van der Waals surface area (Å²) < 4.78 is 1.31. The van der Waals surface area contributed by atoms with Crippen LogP contribution in [0.15, 0.2) is 53.7 Å². The number of anilines is 1. The highest BCUT2D eigenvalue weighted by Crippen LogP contribution is 2.31. The van der Waals surface area contributed by atoms with Crippen molar-refractivity contribution in [2.75, 3.05) is 11.2 Å². The van der Waals surface area contributed by atoms with E-state index in [0.29, 0.717) is 26.6 Å². The maximum atomic E-state index is 12.3. The lowest BCUT2D eigenvalue weighted by Crippen LogP contribution is -2.23. The number of carbonyl (C=O) groups excluding carboxylic acids is 1. The molecule has 1 heterocycles. The smallest absolute Gasteiger partial charge is 0.237 e. The van der Waals surface area contributed by atoms with E-state index in [2.05, 4.69) is 15.5 Å². The molecule has 0 aliphatic rings. The Morgan fingerprint density at radius 1 is 1.19 bits per heavy atom. The van der Waals surface area contributed by atoms with Crippen molar-refractivity contribution < 1.29 is 4.79 Å². The lowest BCUT2D eigenvalue weighted by molar-refractivity contribution is -0.115. The van der Waals surface area contributed by atoms with Gasteiger partial charge in [0.25, 0.3) is 0 Å². The van der Waals surface area contributed by atoms with E-state index in [0.717, 1.165) is 5.69 Å². The number of nitrogens with one attached hydrogen (secondary N) is 1. The van der Waals surface area contributed by atoms with Gasteiger partial charge in [-0.05, 0) is 37.3 Å². The molecular weight excluding hydrogens is 393 g/mol. The molecule has 0 spiro atoms. The molecule has 0 aliphatic heterocycles. The minimum absolute atomic E-state index is 0.157. The van der Waals surface area contributed by atoms with Crippen LogP contribution in [0.25, 0.3) is 11.4 Å². The van der Waals surface area contributed by atoms with Gasteiger partial charge < -0.3 is 11.2 Å². The van der Waals surface area contributed by atoms with Crippen LogP contribution in [0.5, 0.6) is 0 Å². The fourth-order valence-electron chi connectivity index (χ4n) is 2.19. The Morgan fingerprint density at radius 3 is 2.62 bits per heavy atom. The van der Waals surface area contributed by atoms with Gasteiger partial charge >= 0.3 is 0 Å². The molecule has 134 valence electrons. The molecule has 0 saturated heterocycles. The monoisotopic (exact) mass is 407 g/mol. The highest BCUT2D eigenvalue weighted by Gasteiger charge is 2.21. The Hall–Kier alpha value is -2.22. The number of halogens is 2. The molecule has 1 amide bonds. The molecule has 3 rings (SSSR count). The van der Waals surface area contributed by atoms with Gasteiger partial charge in [0.2, 0.25) is 11.1 Å². The van der Waals surface area contributed by atoms with Crippen molar-refractivity contribution in [2.45, 2.75) is 17.3 Å². The summed E-state index contributed by atoms with van der Waals surface area (Å²) in [5.41, 5.74) is 1.34. The third-order valence-corrected chi connectivity index (χ3v) is 5.13. The second-order valence-electron chi connectivity index (χ2n) is 5.42. The summed E-state index contributed by atoms with van der Waals surface area (Å²) in [5, 5.41) is 11.9. The van der Waals surface area contributed by atoms with Crippen molar-refractivity contribution >= 4 is 46.6 Å². The van der Waals surface area contributed by atoms with Gasteiger partial charge in [-0.15, -0.1) is 10.2 Å². The van der Waals surface area contributed by atoms with E-state index >= 15 is 0 Å². The molecule has 1 atom stereocenters. The average Bonchev–Trinajstić information content (AvgIpc) is 2.96. The number of carbonyl (C=O) groups is 1. The number of amides is 1. The maximum Gasteiger partial charge on any atom is 0.237 e. The van der Waals surface area contributed by atoms with Crippen molar-refractivity contribution in [3.63, 3.8) is 0 Å². The summed E-state index contributed by atoms with van der Waals surface area (Å²) in [6, 6.07) is 14.3. The number of thioether (sulfide) groups is 1. The Morgan fingerprint density at radius 2 is 1.92 bits per heavy atom. The van der Waals surface area contributed by atoms with Crippen LogP contribution in [0.2, 0.25) is 10.0 Å². The lowest BCUT2D eigenvalue weighted by Gasteiger charge is -2.11. The first-order chi connectivity index (χ1) is 12.5. The van der Waals surface area contributed by atoms with Crippen LogP contribution in [0.4, 0.5) is 5.69 Å². The first-order valence-corrected chi connectivity index (χ1v) is 9.27. The van der Waals surface area contributed by atoms with E-state index in [1.165, 1.54) is 16.4 Å². The van der Waals surface area contributed by atoms with Crippen LogP contribution in [0.3, 0.4) is 0 Å². The number of para-hydroxylation sites is 1. The summed E-state index contributed by atoms with van der Waals surface area (Å²) in [4.78, 5) is 12.3. The van der Waals surface area contributed by atoms with E-state index in [4.69, 9.17) is 29.0 Å². The first kappa shape index (κ1) is 18.6. The van der Waals surface area contributed by atoms with E-state index in [1.807, 2.05) is 30.3 Å². The minimum atomic E-state index is -0.421. The highest BCUT2D eigenvalue weighted by molar-refractivity contribution is 8.00. The molecule has 1 unspecified atom stereocenters. The van der Waals surface area contributed by atoms with Gasteiger partial charge in [0.15, 0.2) is 5.82 Å². The van der Waals surface area contributed by atoms with Gasteiger partial charge in [0.05, 0.1) is 10.3 Å². The van der Waals surface area contributed by atoms with Gasteiger partial charge in [-0.3, -0.25) is 4.79 Å². The fraction of sp³-hybridized carbons (Fsp3) is 0.118. The molecule has 0 aliphatic carbocycles. The van der Waals surface area contributed by atoms with Gasteiger partial charge in [-0.2, -0.15) is 0 Å². The summed E-state index contributed by atoms with van der Waals surface area (Å²) in [6.45, 7) is 1.77. The molecule has 9 heteroatoms. The predicted octanol–water partition coefficient (Wildman–Crippen LogP) is 4.09. The standard InChI is InChI=1S/C17H15Cl2N5OS/c1-10(16(25)21-12-5-3-2-4-6-12)26-17-23-22-15(24(17)20)13-8-7-11(18)9-14(13)19/h2-10H,20H2,1H3,(H,21,25). The Kier molecular flexibility index (Phi) is 5.70. The van der Waals surface area contributed by atoms with Crippen LogP contribution in [-0.4, -0.2) is 26.0 Å². The van der Waals surface area contributed by atoms with Crippen LogP contribution in [-0.2, 0) is 4.79 Å². The third kappa shape index (κ3) is 4.12. The summed E-state index contributed by atoms with van der Waals surface area (Å²) in [6.07, 6.45) is 0. The van der Waals surface area contributed by atoms with Gasteiger partial charge in [0.1, 0.15) is 0 Å². The van der Waals surface area contributed by atoms with Crippen molar-refractivity contribution in [2.24, 2.45) is 0 Å². The Bertz CT molecular complexity index is 932. The van der Waals surface area contributed by atoms with Crippen molar-refractivity contribution in [1.82, 2.24) is 14.9 Å². The van der Waals surface area contributed by atoms with E-state index in [-0.39, 0.29) is 5.91 Å². The zero-order valence-electron chi connectivity index (χ0n) is 13.7. The summed E-state index contributed by atoms with van der Waals surface area (Å²) in [7, 11) is 0. The SMILES string of the molecule is CC(Sc1nnc(-c2ccc(Cl)cc2Cl)n1N)C(=O)Nc1ccccc1. The molecule has 0 fully saturated rings. The van der Waals surface area contributed by atoms with Gasteiger partial charge in [-0.25, -0.2) is 4.68 Å². The number of nitrogen functional groups attached to an aromatic ring is 1. The van der Waals surface area contributed by atoms with Crippen LogP contribution < -0.4 is 11.2 Å². The number of nitrogens with two attached hydrogens (primary N) is 1. The van der Waals surface area contributed by atoms with Crippen molar-refractivity contribution in [3.8, 4) is 11.4 Å². The van der Waals surface area contributed by atoms with E-state index in [1.54, 1.807) is 25.1 Å². The van der Waals surface area contributed by atoms with Crippen LogP contribution in [0.1, 0.15) is 6.92 Å². The molecule has 0 bridgehead atoms.